The van der Waals surface area contributed by atoms with Crippen LogP contribution in [0.25, 0.3) is 0 Å². The largest absolute Gasteiger partial charge is 0.314 e. The van der Waals surface area contributed by atoms with E-state index in [-0.39, 0.29) is 24.8 Å². The lowest BCUT2D eigenvalue weighted by molar-refractivity contribution is 0.153. The highest BCUT2D eigenvalue weighted by Crippen LogP contribution is 2.31. The van der Waals surface area contributed by atoms with E-state index in [1.54, 1.807) is 0 Å². The van der Waals surface area contributed by atoms with E-state index in [0.717, 1.165) is 19.0 Å². The Hall–Kier alpha value is -0.280. The van der Waals surface area contributed by atoms with Gasteiger partial charge in [0.2, 0.25) is 0 Å². The average molecular weight is 333 g/mol. The van der Waals surface area contributed by atoms with Crippen LogP contribution in [0.2, 0.25) is 0 Å². The second-order valence-corrected chi connectivity index (χ2v) is 6.22. The third-order valence-corrected chi connectivity index (χ3v) is 4.29. The standard InChI is InChI=1S/C17H28N2.2ClH/c1-13(2)12-17(19-10-8-18-9-11-19)16-7-5-6-14(3)15(16)4;;/h5-7,13,17-18H,8-12H2,1-4H3;2*1H/t17-;;/m0../s1. The maximum Gasteiger partial charge on any atom is 0.0354 e. The Balaban J connectivity index is 0.00000200. The van der Waals surface area contributed by atoms with Crippen molar-refractivity contribution in [3.05, 3.63) is 34.9 Å². The molecule has 2 nitrogen and oxygen atoms in total. The Morgan fingerprint density at radius 1 is 1.10 bits per heavy atom. The fraction of sp³-hybridized carbons (Fsp3) is 0.647. The van der Waals surface area contributed by atoms with Crippen molar-refractivity contribution in [1.29, 1.82) is 0 Å². The van der Waals surface area contributed by atoms with Gasteiger partial charge in [0.15, 0.2) is 0 Å². The predicted molar refractivity (Wildman–Crippen MR) is 97.1 cm³/mol. The first-order valence-corrected chi connectivity index (χ1v) is 7.60. The van der Waals surface area contributed by atoms with Gasteiger partial charge in [-0.3, -0.25) is 4.90 Å². The number of rotatable bonds is 4. The molecule has 2 rings (SSSR count). The zero-order valence-electron chi connectivity index (χ0n) is 13.7. The molecule has 1 saturated heterocycles. The van der Waals surface area contributed by atoms with E-state index < -0.39 is 0 Å². The summed E-state index contributed by atoms with van der Waals surface area (Å²) in [6, 6.07) is 7.36. The lowest BCUT2D eigenvalue weighted by atomic mass is 9.90. The molecule has 1 aromatic rings. The SMILES string of the molecule is Cc1cccc([C@H](CC(C)C)N2CCNCC2)c1C.Cl.Cl. The normalized spacial score (nSPS) is 17.0. The Morgan fingerprint density at radius 2 is 1.71 bits per heavy atom. The fourth-order valence-corrected chi connectivity index (χ4v) is 3.05. The minimum Gasteiger partial charge on any atom is -0.314 e. The van der Waals surface area contributed by atoms with Crippen LogP contribution in [0.5, 0.6) is 0 Å². The molecule has 0 spiro atoms. The van der Waals surface area contributed by atoms with E-state index in [4.69, 9.17) is 0 Å². The maximum atomic E-state index is 3.46. The van der Waals surface area contributed by atoms with Crippen molar-refractivity contribution in [3.63, 3.8) is 0 Å². The minimum absolute atomic E-state index is 0. The summed E-state index contributed by atoms with van der Waals surface area (Å²) in [5, 5.41) is 3.46. The first-order chi connectivity index (χ1) is 9.09. The van der Waals surface area contributed by atoms with Gasteiger partial charge in [-0.2, -0.15) is 0 Å². The van der Waals surface area contributed by atoms with Gasteiger partial charge in [-0.05, 0) is 42.9 Å². The quantitative estimate of drug-likeness (QED) is 0.891. The average Bonchev–Trinajstić information content (AvgIpc) is 2.40. The second-order valence-electron chi connectivity index (χ2n) is 6.22. The molecule has 1 aromatic carbocycles. The summed E-state index contributed by atoms with van der Waals surface area (Å²) in [7, 11) is 0. The van der Waals surface area contributed by atoms with Gasteiger partial charge in [-0.25, -0.2) is 0 Å². The molecule has 21 heavy (non-hydrogen) atoms. The van der Waals surface area contributed by atoms with E-state index in [0.29, 0.717) is 6.04 Å². The van der Waals surface area contributed by atoms with Crippen molar-refractivity contribution in [2.24, 2.45) is 5.92 Å². The zero-order chi connectivity index (χ0) is 13.8. The highest BCUT2D eigenvalue weighted by molar-refractivity contribution is 5.85. The van der Waals surface area contributed by atoms with Crippen molar-refractivity contribution in [2.45, 2.75) is 40.2 Å². The highest BCUT2D eigenvalue weighted by Gasteiger charge is 2.24. The number of halogens is 2. The molecular formula is C17H30Cl2N2. The predicted octanol–water partition coefficient (Wildman–Crippen LogP) is 4.14. The molecule has 1 aliphatic heterocycles. The Labute approximate surface area is 142 Å². The van der Waals surface area contributed by atoms with E-state index in [1.807, 2.05) is 0 Å². The van der Waals surface area contributed by atoms with Gasteiger partial charge in [0.25, 0.3) is 0 Å². The van der Waals surface area contributed by atoms with Crippen LogP contribution in [-0.2, 0) is 0 Å². The molecule has 122 valence electrons. The van der Waals surface area contributed by atoms with Crippen molar-refractivity contribution in [1.82, 2.24) is 10.2 Å². The Kier molecular flexibility index (Phi) is 9.55. The van der Waals surface area contributed by atoms with Crippen LogP contribution in [0, 0.1) is 19.8 Å². The van der Waals surface area contributed by atoms with Gasteiger partial charge < -0.3 is 5.32 Å². The summed E-state index contributed by atoms with van der Waals surface area (Å²) in [5.41, 5.74) is 4.43. The molecule has 4 heteroatoms. The molecule has 0 bridgehead atoms. The molecule has 0 amide bonds. The first-order valence-electron chi connectivity index (χ1n) is 7.60. The van der Waals surface area contributed by atoms with Gasteiger partial charge >= 0.3 is 0 Å². The molecule has 0 aliphatic carbocycles. The summed E-state index contributed by atoms with van der Waals surface area (Å²) in [6.45, 7) is 13.8. The molecule has 1 atom stereocenters. The third kappa shape index (κ3) is 5.45. The summed E-state index contributed by atoms with van der Waals surface area (Å²) in [5.74, 6) is 0.736. The summed E-state index contributed by atoms with van der Waals surface area (Å²) in [4.78, 5) is 2.66. The van der Waals surface area contributed by atoms with Crippen LogP contribution in [0.1, 0.15) is 43.0 Å². The van der Waals surface area contributed by atoms with Gasteiger partial charge in [0.05, 0.1) is 0 Å². The van der Waals surface area contributed by atoms with E-state index in [2.05, 4.69) is 56.1 Å². The molecule has 0 saturated carbocycles. The monoisotopic (exact) mass is 332 g/mol. The Bertz CT molecular complexity index is 415. The molecule has 0 radical (unpaired) electrons. The number of hydrogen-bond donors (Lipinski definition) is 1. The number of benzene rings is 1. The van der Waals surface area contributed by atoms with Gasteiger partial charge in [0.1, 0.15) is 0 Å². The zero-order valence-corrected chi connectivity index (χ0v) is 15.3. The molecule has 1 fully saturated rings. The topological polar surface area (TPSA) is 15.3 Å². The lowest BCUT2D eigenvalue weighted by Crippen LogP contribution is -2.45. The lowest BCUT2D eigenvalue weighted by Gasteiger charge is -2.37. The summed E-state index contributed by atoms with van der Waals surface area (Å²) >= 11 is 0. The van der Waals surface area contributed by atoms with Crippen molar-refractivity contribution >= 4 is 24.8 Å². The number of aryl methyl sites for hydroxylation is 1. The molecular weight excluding hydrogens is 303 g/mol. The molecule has 0 aromatic heterocycles. The van der Waals surface area contributed by atoms with E-state index in [1.165, 1.54) is 36.2 Å². The number of nitrogens with zero attached hydrogens (tertiary/aromatic N) is 1. The summed E-state index contributed by atoms with van der Waals surface area (Å²) < 4.78 is 0. The van der Waals surface area contributed by atoms with Crippen LogP contribution in [0.4, 0.5) is 0 Å². The number of hydrogen-bond acceptors (Lipinski definition) is 2. The van der Waals surface area contributed by atoms with Gasteiger partial charge in [-0.15, -0.1) is 24.8 Å². The highest BCUT2D eigenvalue weighted by atomic mass is 35.5. The molecule has 1 N–H and O–H groups in total. The van der Waals surface area contributed by atoms with Crippen LogP contribution < -0.4 is 5.32 Å². The van der Waals surface area contributed by atoms with Gasteiger partial charge in [-0.1, -0.05) is 32.0 Å². The van der Waals surface area contributed by atoms with E-state index in [9.17, 15) is 0 Å². The molecule has 0 unspecified atom stereocenters. The van der Waals surface area contributed by atoms with E-state index >= 15 is 0 Å². The first kappa shape index (κ1) is 20.7. The molecule has 1 heterocycles. The van der Waals surface area contributed by atoms with Crippen LogP contribution in [0.3, 0.4) is 0 Å². The van der Waals surface area contributed by atoms with Gasteiger partial charge in [0, 0.05) is 32.2 Å². The fourth-order valence-electron chi connectivity index (χ4n) is 3.05. The number of piperazine rings is 1. The summed E-state index contributed by atoms with van der Waals surface area (Å²) in [6.07, 6.45) is 1.25. The molecule has 1 aliphatic rings. The Morgan fingerprint density at radius 3 is 2.29 bits per heavy atom. The minimum atomic E-state index is 0. The van der Waals surface area contributed by atoms with Crippen LogP contribution in [0.15, 0.2) is 18.2 Å². The smallest absolute Gasteiger partial charge is 0.0354 e. The van der Waals surface area contributed by atoms with Crippen molar-refractivity contribution < 1.29 is 0 Å². The van der Waals surface area contributed by atoms with Crippen LogP contribution in [-0.4, -0.2) is 31.1 Å². The van der Waals surface area contributed by atoms with Crippen LogP contribution >= 0.6 is 24.8 Å². The van der Waals surface area contributed by atoms with Crippen molar-refractivity contribution in [2.75, 3.05) is 26.2 Å². The van der Waals surface area contributed by atoms with Crippen molar-refractivity contribution in [3.8, 4) is 0 Å². The third-order valence-electron chi connectivity index (χ3n) is 4.29. The second kappa shape index (κ2) is 9.68. The number of nitrogens with one attached hydrogen (secondary N) is 1. The maximum absolute atomic E-state index is 3.46.